The summed E-state index contributed by atoms with van der Waals surface area (Å²) in [6.07, 6.45) is 0. The van der Waals surface area contributed by atoms with Crippen LogP contribution in [0, 0.1) is 6.92 Å². The molecule has 0 fully saturated rings. The van der Waals surface area contributed by atoms with E-state index in [9.17, 15) is 8.42 Å². The van der Waals surface area contributed by atoms with Crippen LogP contribution in [0.4, 0.5) is 0 Å². The molecular formula is C12H20N2O2S. The van der Waals surface area contributed by atoms with Crippen molar-refractivity contribution in [2.45, 2.75) is 13.5 Å². The molecular weight excluding hydrogens is 236 g/mol. The summed E-state index contributed by atoms with van der Waals surface area (Å²) in [7, 11) is 0.0130. The maximum absolute atomic E-state index is 11.5. The Morgan fingerprint density at radius 2 is 2.00 bits per heavy atom. The number of hydrogen-bond acceptors (Lipinski definition) is 3. The van der Waals surface area contributed by atoms with Gasteiger partial charge in [-0.15, -0.1) is 0 Å². The van der Waals surface area contributed by atoms with Crippen molar-refractivity contribution >= 4 is 10.0 Å². The van der Waals surface area contributed by atoms with Crippen molar-refractivity contribution in [1.29, 1.82) is 0 Å². The SMILES string of the molecule is Cc1cccc(CNCCS(=O)(=O)N(C)C)c1. The van der Waals surface area contributed by atoms with Crippen molar-refractivity contribution in [3.8, 4) is 0 Å². The van der Waals surface area contributed by atoms with E-state index >= 15 is 0 Å². The minimum absolute atomic E-state index is 0.131. The molecule has 96 valence electrons. The third kappa shape index (κ3) is 4.85. The van der Waals surface area contributed by atoms with Gasteiger partial charge < -0.3 is 5.32 Å². The molecule has 0 radical (unpaired) electrons. The zero-order valence-corrected chi connectivity index (χ0v) is 11.4. The lowest BCUT2D eigenvalue weighted by molar-refractivity contribution is 0.517. The van der Waals surface area contributed by atoms with E-state index in [0.717, 1.165) is 0 Å². The van der Waals surface area contributed by atoms with Crippen LogP contribution in [0.25, 0.3) is 0 Å². The molecule has 1 rings (SSSR count). The molecule has 1 N–H and O–H groups in total. The fraction of sp³-hybridized carbons (Fsp3) is 0.500. The summed E-state index contributed by atoms with van der Waals surface area (Å²) in [5.41, 5.74) is 2.39. The predicted molar refractivity (Wildman–Crippen MR) is 70.4 cm³/mol. The summed E-state index contributed by atoms with van der Waals surface area (Å²) in [4.78, 5) is 0. The van der Waals surface area contributed by atoms with Crippen molar-refractivity contribution < 1.29 is 8.42 Å². The second kappa shape index (κ2) is 6.14. The van der Waals surface area contributed by atoms with Crippen molar-refractivity contribution in [2.75, 3.05) is 26.4 Å². The molecule has 0 aromatic heterocycles. The number of benzene rings is 1. The van der Waals surface area contributed by atoms with E-state index in [2.05, 4.69) is 11.4 Å². The van der Waals surface area contributed by atoms with Crippen LogP contribution in [-0.2, 0) is 16.6 Å². The lowest BCUT2D eigenvalue weighted by Gasteiger charge is -2.11. The first-order valence-electron chi connectivity index (χ1n) is 5.58. The van der Waals surface area contributed by atoms with Crippen LogP contribution in [0.3, 0.4) is 0 Å². The zero-order valence-electron chi connectivity index (χ0n) is 10.6. The number of nitrogens with zero attached hydrogens (tertiary/aromatic N) is 1. The Morgan fingerprint density at radius 3 is 2.59 bits per heavy atom. The van der Waals surface area contributed by atoms with Crippen LogP contribution in [0.2, 0.25) is 0 Å². The van der Waals surface area contributed by atoms with Gasteiger partial charge in [0, 0.05) is 27.2 Å². The Bertz CT molecular complexity index is 455. The summed E-state index contributed by atoms with van der Waals surface area (Å²) in [6, 6.07) is 8.16. The fourth-order valence-corrected chi connectivity index (χ4v) is 2.21. The molecule has 0 saturated carbocycles. The molecule has 0 spiro atoms. The average Bonchev–Trinajstić information content (AvgIpc) is 2.24. The van der Waals surface area contributed by atoms with E-state index in [1.54, 1.807) is 14.1 Å². The summed E-state index contributed by atoms with van der Waals surface area (Å²) >= 11 is 0. The van der Waals surface area contributed by atoms with Gasteiger partial charge in [-0.3, -0.25) is 0 Å². The molecule has 0 aliphatic heterocycles. The second-order valence-electron chi connectivity index (χ2n) is 4.26. The van der Waals surface area contributed by atoms with Crippen LogP contribution in [0.1, 0.15) is 11.1 Å². The summed E-state index contributed by atoms with van der Waals surface area (Å²) in [6.45, 7) is 3.21. The predicted octanol–water partition coefficient (Wildman–Crippen LogP) is 0.976. The Morgan fingerprint density at radius 1 is 1.29 bits per heavy atom. The van der Waals surface area contributed by atoms with Crippen LogP contribution in [0.5, 0.6) is 0 Å². The normalized spacial score (nSPS) is 12.0. The number of sulfonamides is 1. The van der Waals surface area contributed by atoms with Gasteiger partial charge in [0.05, 0.1) is 5.75 Å². The maximum Gasteiger partial charge on any atom is 0.214 e. The Labute approximate surface area is 104 Å². The first-order chi connectivity index (χ1) is 7.92. The number of aryl methyl sites for hydroxylation is 1. The summed E-state index contributed by atoms with van der Waals surface area (Å²) < 4.78 is 24.2. The minimum Gasteiger partial charge on any atom is -0.312 e. The van der Waals surface area contributed by atoms with E-state index in [1.165, 1.54) is 15.4 Å². The van der Waals surface area contributed by atoms with Gasteiger partial charge in [0.2, 0.25) is 10.0 Å². The molecule has 0 aliphatic carbocycles. The molecule has 4 nitrogen and oxygen atoms in total. The summed E-state index contributed by atoms with van der Waals surface area (Å²) in [5.74, 6) is 0.131. The van der Waals surface area contributed by atoms with E-state index in [1.807, 2.05) is 25.1 Å². The van der Waals surface area contributed by atoms with Gasteiger partial charge in [0.15, 0.2) is 0 Å². The van der Waals surface area contributed by atoms with Crippen LogP contribution in [-0.4, -0.2) is 39.1 Å². The highest BCUT2D eigenvalue weighted by molar-refractivity contribution is 7.89. The first kappa shape index (κ1) is 14.2. The molecule has 0 amide bonds. The molecule has 0 unspecified atom stereocenters. The van der Waals surface area contributed by atoms with Crippen LogP contribution >= 0.6 is 0 Å². The smallest absolute Gasteiger partial charge is 0.214 e. The van der Waals surface area contributed by atoms with Gasteiger partial charge in [-0.2, -0.15) is 0 Å². The quantitative estimate of drug-likeness (QED) is 0.772. The molecule has 5 heteroatoms. The van der Waals surface area contributed by atoms with Gasteiger partial charge in [-0.1, -0.05) is 29.8 Å². The third-order valence-electron chi connectivity index (χ3n) is 2.50. The molecule has 0 saturated heterocycles. The Hall–Kier alpha value is -0.910. The summed E-state index contributed by atoms with van der Waals surface area (Å²) in [5, 5.41) is 3.13. The van der Waals surface area contributed by atoms with Crippen molar-refractivity contribution in [3.63, 3.8) is 0 Å². The number of rotatable bonds is 6. The van der Waals surface area contributed by atoms with Gasteiger partial charge in [0.1, 0.15) is 0 Å². The number of nitrogens with one attached hydrogen (secondary N) is 1. The first-order valence-corrected chi connectivity index (χ1v) is 7.19. The molecule has 1 aromatic carbocycles. The zero-order chi connectivity index (χ0) is 12.9. The van der Waals surface area contributed by atoms with Crippen LogP contribution < -0.4 is 5.32 Å². The average molecular weight is 256 g/mol. The van der Waals surface area contributed by atoms with Crippen molar-refractivity contribution in [1.82, 2.24) is 9.62 Å². The third-order valence-corrected chi connectivity index (χ3v) is 4.34. The van der Waals surface area contributed by atoms with E-state index in [0.29, 0.717) is 13.1 Å². The lowest BCUT2D eigenvalue weighted by Crippen LogP contribution is -2.31. The highest BCUT2D eigenvalue weighted by atomic mass is 32.2. The Kier molecular flexibility index (Phi) is 5.11. The van der Waals surface area contributed by atoms with Gasteiger partial charge in [-0.25, -0.2) is 12.7 Å². The molecule has 17 heavy (non-hydrogen) atoms. The topological polar surface area (TPSA) is 49.4 Å². The van der Waals surface area contributed by atoms with Gasteiger partial charge >= 0.3 is 0 Å². The largest absolute Gasteiger partial charge is 0.312 e. The van der Waals surface area contributed by atoms with Crippen molar-refractivity contribution in [3.05, 3.63) is 35.4 Å². The Balaban J connectivity index is 2.35. The highest BCUT2D eigenvalue weighted by Crippen LogP contribution is 2.03. The lowest BCUT2D eigenvalue weighted by atomic mass is 10.1. The molecule has 1 aromatic rings. The maximum atomic E-state index is 11.5. The highest BCUT2D eigenvalue weighted by Gasteiger charge is 2.12. The molecule has 0 aliphatic rings. The van der Waals surface area contributed by atoms with Gasteiger partial charge in [0.25, 0.3) is 0 Å². The monoisotopic (exact) mass is 256 g/mol. The molecule has 0 bridgehead atoms. The van der Waals surface area contributed by atoms with E-state index in [4.69, 9.17) is 0 Å². The van der Waals surface area contributed by atoms with E-state index in [-0.39, 0.29) is 5.75 Å². The van der Waals surface area contributed by atoms with Gasteiger partial charge in [-0.05, 0) is 12.5 Å². The fourth-order valence-electron chi connectivity index (χ4n) is 1.44. The minimum atomic E-state index is -3.09. The molecule has 0 atom stereocenters. The number of hydrogen-bond donors (Lipinski definition) is 1. The standard InChI is InChI=1S/C12H20N2O2S/c1-11-5-4-6-12(9-11)10-13-7-8-17(15,16)14(2)3/h4-6,9,13H,7-8,10H2,1-3H3. The molecule has 0 heterocycles. The second-order valence-corrected chi connectivity index (χ2v) is 6.57. The van der Waals surface area contributed by atoms with E-state index < -0.39 is 10.0 Å². The van der Waals surface area contributed by atoms with Crippen LogP contribution in [0.15, 0.2) is 24.3 Å². The van der Waals surface area contributed by atoms with Crippen molar-refractivity contribution in [2.24, 2.45) is 0 Å².